The Morgan fingerprint density at radius 3 is 1.77 bits per heavy atom. The van der Waals surface area contributed by atoms with Gasteiger partial charge in [0.15, 0.2) is 5.75 Å². The molecule has 1 saturated carbocycles. The summed E-state index contributed by atoms with van der Waals surface area (Å²) in [5.74, 6) is -5.70. The molecule has 0 aromatic heterocycles. The largest absolute Gasteiger partial charge is 0.478 e. The summed E-state index contributed by atoms with van der Waals surface area (Å²) in [6.07, 6.45) is -6.24. The molecule has 208 valence electrons. The van der Waals surface area contributed by atoms with E-state index in [1.165, 1.54) is 12.1 Å². The second-order valence-corrected chi connectivity index (χ2v) is 11.3. The molecule has 2 aromatic carbocycles. The fraction of sp³-hybridized carbons (Fsp3) is 0.320. The van der Waals surface area contributed by atoms with Gasteiger partial charge in [0.2, 0.25) is 0 Å². The van der Waals surface area contributed by atoms with E-state index in [0.717, 1.165) is 0 Å². The van der Waals surface area contributed by atoms with Crippen molar-refractivity contribution in [1.82, 2.24) is 0 Å². The lowest BCUT2D eigenvalue weighted by atomic mass is 9.83. The number of fused-ring (bicyclic) bond motifs is 2. The third-order valence-electron chi connectivity index (χ3n) is 6.48. The Hall–Kier alpha value is -2.37. The third kappa shape index (κ3) is 6.36. The standard InChI is InChI=1S/C25H16F6I2O6/c26-24(27,28)14-3-10(4-15(8-14)25(29,30)31)9-38-22(36)18-11-1-2-12(5-11)19(18)23(37)39-20-16(32)6-13(21(34)35)7-17(20)33/h1-4,6-8,11-12,18-19H,5,9H2,(H,34,35). The summed E-state index contributed by atoms with van der Waals surface area (Å²) in [5, 5.41) is 9.20. The Labute approximate surface area is 244 Å². The number of ether oxygens (including phenoxy) is 2. The van der Waals surface area contributed by atoms with Gasteiger partial charge >= 0.3 is 30.3 Å². The number of carboxylic acid groups (broad SMARTS) is 1. The Morgan fingerprint density at radius 2 is 1.31 bits per heavy atom. The van der Waals surface area contributed by atoms with Gasteiger partial charge in [-0.2, -0.15) is 26.3 Å². The summed E-state index contributed by atoms with van der Waals surface area (Å²) in [7, 11) is 0. The second-order valence-electron chi connectivity index (χ2n) is 9.02. The van der Waals surface area contributed by atoms with Crippen LogP contribution in [-0.4, -0.2) is 23.0 Å². The summed E-state index contributed by atoms with van der Waals surface area (Å²) in [5.41, 5.74) is -3.60. The minimum absolute atomic E-state index is 0.0174. The lowest BCUT2D eigenvalue weighted by molar-refractivity contribution is -0.158. The average Bonchev–Trinajstić information content (AvgIpc) is 3.45. The number of hydrogen-bond acceptors (Lipinski definition) is 5. The van der Waals surface area contributed by atoms with Crippen molar-refractivity contribution in [2.75, 3.05) is 0 Å². The summed E-state index contributed by atoms with van der Waals surface area (Å²) in [6.45, 7) is -0.863. The molecule has 39 heavy (non-hydrogen) atoms. The zero-order valence-corrected chi connectivity index (χ0v) is 23.6. The van der Waals surface area contributed by atoms with E-state index >= 15 is 0 Å². The first kappa shape index (κ1) is 29.6. The van der Waals surface area contributed by atoms with Crippen LogP contribution in [0.5, 0.6) is 5.75 Å². The van der Waals surface area contributed by atoms with Crippen molar-refractivity contribution in [3.05, 3.63) is 71.9 Å². The molecular weight excluding hydrogens is 764 g/mol. The number of allylic oxidation sites excluding steroid dienone is 2. The number of esters is 2. The number of rotatable bonds is 6. The molecule has 0 amide bonds. The minimum Gasteiger partial charge on any atom is -0.478 e. The molecule has 0 heterocycles. The number of aromatic carboxylic acids is 1. The SMILES string of the molecule is O=C(O)c1cc(I)c(OC(=O)C2C3C=CC(C3)C2C(=O)OCc2cc(C(F)(F)F)cc(C(F)(F)F)c2)c(I)c1. The fourth-order valence-corrected chi connectivity index (χ4v) is 6.76. The predicted octanol–water partition coefficient (Wildman–Crippen LogP) is 6.72. The van der Waals surface area contributed by atoms with Crippen LogP contribution in [0.1, 0.15) is 33.5 Å². The van der Waals surface area contributed by atoms with Crippen molar-refractivity contribution in [2.45, 2.75) is 25.4 Å². The summed E-state index contributed by atoms with van der Waals surface area (Å²) >= 11 is 3.62. The molecule has 4 atom stereocenters. The first-order valence-corrected chi connectivity index (χ1v) is 13.3. The zero-order valence-electron chi connectivity index (χ0n) is 19.3. The molecule has 14 heteroatoms. The van der Waals surface area contributed by atoms with Gasteiger partial charge in [-0.15, -0.1) is 0 Å². The number of carbonyl (C=O) groups excluding carboxylic acids is 2. The lowest BCUT2D eigenvalue weighted by Gasteiger charge is -2.25. The molecule has 2 aliphatic rings. The highest BCUT2D eigenvalue weighted by Gasteiger charge is 2.53. The first-order chi connectivity index (χ1) is 18.1. The van der Waals surface area contributed by atoms with Crippen LogP contribution in [0.15, 0.2) is 42.5 Å². The molecule has 2 aromatic rings. The van der Waals surface area contributed by atoms with Gasteiger partial charge in [0.1, 0.15) is 6.61 Å². The molecule has 0 radical (unpaired) electrons. The molecule has 2 bridgehead atoms. The molecule has 1 fully saturated rings. The number of hydrogen-bond donors (Lipinski definition) is 1. The predicted molar refractivity (Wildman–Crippen MR) is 138 cm³/mol. The third-order valence-corrected chi connectivity index (χ3v) is 8.08. The monoisotopic (exact) mass is 780 g/mol. The molecular formula is C25H16F6I2O6. The van der Waals surface area contributed by atoms with E-state index in [-0.39, 0.29) is 23.3 Å². The van der Waals surface area contributed by atoms with Gasteiger partial charge < -0.3 is 14.6 Å². The summed E-state index contributed by atoms with van der Waals surface area (Å²) in [6, 6.07) is 3.54. The van der Waals surface area contributed by atoms with Crippen LogP contribution in [-0.2, 0) is 33.3 Å². The smallest absolute Gasteiger partial charge is 0.416 e. The van der Waals surface area contributed by atoms with Gasteiger partial charge in [0.25, 0.3) is 0 Å². The van der Waals surface area contributed by atoms with E-state index in [1.807, 2.05) is 45.2 Å². The molecule has 0 aliphatic heterocycles. The van der Waals surface area contributed by atoms with Crippen LogP contribution in [0.4, 0.5) is 26.3 Å². The maximum atomic E-state index is 13.2. The molecule has 0 spiro atoms. The van der Waals surface area contributed by atoms with Crippen LogP contribution < -0.4 is 4.74 Å². The molecule has 4 unspecified atom stereocenters. The van der Waals surface area contributed by atoms with Gasteiger partial charge in [-0.05, 0) is 99.3 Å². The Kier molecular flexibility index (Phi) is 8.27. The van der Waals surface area contributed by atoms with Gasteiger partial charge in [0.05, 0.1) is 35.7 Å². The number of benzene rings is 2. The van der Waals surface area contributed by atoms with Crippen molar-refractivity contribution in [3.8, 4) is 5.75 Å². The van der Waals surface area contributed by atoms with Gasteiger partial charge in [-0.1, -0.05) is 12.2 Å². The molecule has 4 rings (SSSR count). The minimum atomic E-state index is -5.05. The first-order valence-electron chi connectivity index (χ1n) is 11.1. The van der Waals surface area contributed by atoms with E-state index in [0.29, 0.717) is 25.7 Å². The highest BCUT2D eigenvalue weighted by atomic mass is 127. The molecule has 1 N–H and O–H groups in total. The van der Waals surface area contributed by atoms with E-state index in [9.17, 15) is 45.8 Å². The number of carbonyl (C=O) groups is 3. The molecule has 2 aliphatic carbocycles. The maximum absolute atomic E-state index is 13.2. The Morgan fingerprint density at radius 1 is 0.821 bits per heavy atom. The lowest BCUT2D eigenvalue weighted by Crippen LogP contribution is -2.36. The van der Waals surface area contributed by atoms with E-state index < -0.39 is 71.3 Å². The van der Waals surface area contributed by atoms with E-state index in [1.54, 1.807) is 12.2 Å². The van der Waals surface area contributed by atoms with Crippen molar-refractivity contribution in [2.24, 2.45) is 23.7 Å². The van der Waals surface area contributed by atoms with Crippen molar-refractivity contribution in [3.63, 3.8) is 0 Å². The number of carboxylic acids is 1. The average molecular weight is 780 g/mol. The summed E-state index contributed by atoms with van der Waals surface area (Å²) in [4.78, 5) is 37.5. The van der Waals surface area contributed by atoms with Gasteiger partial charge in [0, 0.05) is 0 Å². The van der Waals surface area contributed by atoms with Crippen LogP contribution >= 0.6 is 45.2 Å². The Bertz CT molecular complexity index is 1310. The van der Waals surface area contributed by atoms with Gasteiger partial charge in [-0.25, -0.2) is 4.79 Å². The highest BCUT2D eigenvalue weighted by Crippen LogP contribution is 2.49. The second kappa shape index (κ2) is 10.9. The van der Waals surface area contributed by atoms with Crippen LogP contribution in [0.2, 0.25) is 0 Å². The van der Waals surface area contributed by atoms with E-state index in [2.05, 4.69) is 0 Å². The molecule has 0 saturated heterocycles. The van der Waals surface area contributed by atoms with Crippen molar-refractivity contribution < 1.29 is 55.3 Å². The number of alkyl halides is 6. The molecule has 6 nitrogen and oxygen atoms in total. The highest BCUT2D eigenvalue weighted by molar-refractivity contribution is 14.1. The topological polar surface area (TPSA) is 89.9 Å². The van der Waals surface area contributed by atoms with Crippen LogP contribution in [0.3, 0.4) is 0 Å². The fourth-order valence-electron chi connectivity index (χ4n) is 4.77. The normalized spacial score (nSPS) is 22.2. The van der Waals surface area contributed by atoms with Crippen LogP contribution in [0, 0.1) is 30.8 Å². The number of halogens is 8. The quantitative estimate of drug-likeness (QED) is 0.115. The van der Waals surface area contributed by atoms with Crippen molar-refractivity contribution >= 4 is 63.1 Å². The van der Waals surface area contributed by atoms with Crippen LogP contribution in [0.25, 0.3) is 0 Å². The Balaban J connectivity index is 1.53. The zero-order chi connectivity index (χ0) is 28.9. The van der Waals surface area contributed by atoms with E-state index in [4.69, 9.17) is 9.47 Å². The van der Waals surface area contributed by atoms with Crippen molar-refractivity contribution in [1.29, 1.82) is 0 Å². The maximum Gasteiger partial charge on any atom is 0.416 e. The summed E-state index contributed by atoms with van der Waals surface area (Å²) < 4.78 is 90.3. The van der Waals surface area contributed by atoms with Gasteiger partial charge in [-0.3, -0.25) is 9.59 Å².